The summed E-state index contributed by atoms with van der Waals surface area (Å²) in [6.07, 6.45) is 2.84. The lowest BCUT2D eigenvalue weighted by molar-refractivity contribution is 0.482. The molecule has 70 valence electrons. The van der Waals surface area contributed by atoms with E-state index in [-0.39, 0.29) is 0 Å². The highest BCUT2D eigenvalue weighted by atomic mass is 31.2. The van der Waals surface area contributed by atoms with Gasteiger partial charge in [-0.05, 0) is 30.8 Å². The fraction of sp³-hybridized carbons (Fsp3) is 0.300. The molecule has 0 bridgehead atoms. The van der Waals surface area contributed by atoms with Gasteiger partial charge in [0.15, 0.2) is 7.34 Å². The average molecular weight is 196 g/mol. The maximum Gasteiger partial charge on any atom is 0.168 e. The Morgan fingerprint density at radius 2 is 2.00 bits per heavy atom. The smallest absolute Gasteiger partial charge is 0.168 e. The highest BCUT2D eigenvalue weighted by molar-refractivity contribution is 7.65. The molecule has 1 heterocycles. The van der Waals surface area contributed by atoms with Crippen LogP contribution < -0.4 is 4.52 Å². The van der Waals surface area contributed by atoms with Crippen LogP contribution in [0.1, 0.15) is 12.8 Å². The molecule has 1 unspecified atom stereocenters. The van der Waals surface area contributed by atoms with Crippen molar-refractivity contribution >= 4 is 13.1 Å². The Kier molecular flexibility index (Phi) is 2.43. The zero-order chi connectivity index (χ0) is 9.15. The first-order chi connectivity index (χ1) is 6.29. The van der Waals surface area contributed by atoms with E-state index in [0.717, 1.165) is 24.8 Å². The minimum atomic E-state index is -2.17. The first-order valence-electron chi connectivity index (χ1n) is 4.48. The van der Waals surface area contributed by atoms with E-state index >= 15 is 0 Å². The molecule has 0 saturated heterocycles. The van der Waals surface area contributed by atoms with Gasteiger partial charge in [0, 0.05) is 6.16 Å². The normalized spacial score (nSPS) is 26.8. The van der Waals surface area contributed by atoms with Crippen molar-refractivity contribution in [2.75, 3.05) is 6.16 Å². The van der Waals surface area contributed by atoms with Gasteiger partial charge < -0.3 is 9.42 Å². The molecule has 1 aromatic carbocycles. The molecule has 1 aromatic rings. The summed E-state index contributed by atoms with van der Waals surface area (Å²) in [4.78, 5) is 9.98. The summed E-state index contributed by atoms with van der Waals surface area (Å²) in [7, 11) is -2.17. The number of para-hydroxylation sites is 1. The Balaban J connectivity index is 2.14. The molecule has 2 nitrogen and oxygen atoms in total. The van der Waals surface area contributed by atoms with Crippen molar-refractivity contribution in [1.82, 2.24) is 0 Å². The molecule has 13 heavy (non-hydrogen) atoms. The van der Waals surface area contributed by atoms with Crippen LogP contribution in [0, 0.1) is 0 Å². The zero-order valence-corrected chi connectivity index (χ0v) is 8.28. The Labute approximate surface area is 78.3 Å². The van der Waals surface area contributed by atoms with Gasteiger partial charge in [0.2, 0.25) is 0 Å². The molecule has 1 N–H and O–H groups in total. The van der Waals surface area contributed by atoms with E-state index in [0.29, 0.717) is 0 Å². The van der Waals surface area contributed by atoms with Crippen LogP contribution in [0.4, 0.5) is 0 Å². The maximum atomic E-state index is 9.98. The molecule has 0 fully saturated rings. The summed E-state index contributed by atoms with van der Waals surface area (Å²) < 4.78 is 5.57. The van der Waals surface area contributed by atoms with Crippen molar-refractivity contribution < 1.29 is 9.42 Å². The first-order valence-corrected chi connectivity index (χ1v) is 6.39. The standard InChI is InChI=1S/C10H13O2P/c11-13(8-4-5-9-13)12-10-6-2-1-3-7-10/h1-3,6-8,11H,4-5,9H2. The van der Waals surface area contributed by atoms with Crippen LogP contribution >= 0.6 is 7.34 Å². The maximum absolute atomic E-state index is 9.98. The van der Waals surface area contributed by atoms with Gasteiger partial charge in [-0.25, -0.2) is 0 Å². The lowest BCUT2D eigenvalue weighted by Crippen LogP contribution is -1.94. The molecular formula is C10H13O2P. The number of rotatable bonds is 2. The van der Waals surface area contributed by atoms with E-state index in [1.54, 1.807) is 0 Å². The quantitative estimate of drug-likeness (QED) is 0.736. The SMILES string of the molecule is OP1(Oc2ccccc2)=CCCC1. The monoisotopic (exact) mass is 196 g/mol. The van der Waals surface area contributed by atoms with Gasteiger partial charge in [-0.1, -0.05) is 18.2 Å². The molecule has 0 amide bonds. The van der Waals surface area contributed by atoms with Crippen molar-refractivity contribution in [2.45, 2.75) is 12.8 Å². The number of hydrogen-bond acceptors (Lipinski definition) is 2. The third-order valence-corrected chi connectivity index (χ3v) is 4.42. The van der Waals surface area contributed by atoms with E-state index in [1.807, 2.05) is 36.1 Å². The highest BCUT2D eigenvalue weighted by Crippen LogP contribution is 2.48. The molecule has 0 spiro atoms. The highest BCUT2D eigenvalue weighted by Gasteiger charge is 2.19. The van der Waals surface area contributed by atoms with Gasteiger partial charge in [-0.15, -0.1) is 0 Å². The Morgan fingerprint density at radius 3 is 2.62 bits per heavy atom. The fourth-order valence-corrected chi connectivity index (χ4v) is 3.51. The zero-order valence-electron chi connectivity index (χ0n) is 7.39. The minimum Gasteiger partial charge on any atom is -0.453 e. The molecule has 1 atom stereocenters. The van der Waals surface area contributed by atoms with Crippen LogP contribution in [-0.4, -0.2) is 16.9 Å². The van der Waals surface area contributed by atoms with Crippen molar-refractivity contribution in [1.29, 1.82) is 0 Å². The van der Waals surface area contributed by atoms with Crippen LogP contribution in [-0.2, 0) is 0 Å². The molecule has 2 rings (SSSR count). The lowest BCUT2D eigenvalue weighted by Gasteiger charge is -2.16. The second-order valence-corrected chi connectivity index (χ2v) is 5.71. The summed E-state index contributed by atoms with van der Waals surface area (Å²) in [5.74, 6) is 2.72. The second kappa shape index (κ2) is 3.57. The van der Waals surface area contributed by atoms with Crippen molar-refractivity contribution in [3.05, 3.63) is 30.3 Å². The van der Waals surface area contributed by atoms with Crippen LogP contribution in [0.3, 0.4) is 0 Å². The van der Waals surface area contributed by atoms with E-state index in [1.165, 1.54) is 0 Å². The van der Waals surface area contributed by atoms with Gasteiger partial charge in [0.25, 0.3) is 0 Å². The van der Waals surface area contributed by atoms with Gasteiger partial charge in [-0.2, -0.15) is 0 Å². The predicted molar refractivity (Wildman–Crippen MR) is 56.4 cm³/mol. The third kappa shape index (κ3) is 2.15. The fourth-order valence-electron chi connectivity index (χ4n) is 1.45. The molecule has 1 aliphatic rings. The largest absolute Gasteiger partial charge is 0.453 e. The molecule has 0 radical (unpaired) electrons. The van der Waals surface area contributed by atoms with Gasteiger partial charge >= 0.3 is 0 Å². The molecule has 0 saturated carbocycles. The van der Waals surface area contributed by atoms with E-state index in [2.05, 4.69) is 0 Å². The van der Waals surface area contributed by atoms with Crippen LogP contribution in [0.15, 0.2) is 30.3 Å². The molecular weight excluding hydrogens is 183 g/mol. The summed E-state index contributed by atoms with van der Waals surface area (Å²) in [5.41, 5.74) is 0. The number of benzene rings is 1. The molecule has 0 aromatic heterocycles. The van der Waals surface area contributed by atoms with Gasteiger partial charge in [-0.3, -0.25) is 0 Å². The molecule has 0 aliphatic carbocycles. The van der Waals surface area contributed by atoms with Crippen LogP contribution in [0.2, 0.25) is 0 Å². The van der Waals surface area contributed by atoms with Crippen LogP contribution in [0.5, 0.6) is 5.75 Å². The van der Waals surface area contributed by atoms with Crippen molar-refractivity contribution in [2.24, 2.45) is 0 Å². The Bertz CT molecular complexity index is 332. The van der Waals surface area contributed by atoms with E-state index < -0.39 is 7.34 Å². The average Bonchev–Trinajstić information content (AvgIpc) is 2.54. The topological polar surface area (TPSA) is 29.5 Å². The summed E-state index contributed by atoms with van der Waals surface area (Å²) in [6.45, 7) is 0. The molecule has 3 heteroatoms. The van der Waals surface area contributed by atoms with E-state index in [4.69, 9.17) is 4.52 Å². The van der Waals surface area contributed by atoms with Crippen molar-refractivity contribution in [3.63, 3.8) is 0 Å². The van der Waals surface area contributed by atoms with Crippen LogP contribution in [0.25, 0.3) is 0 Å². The summed E-state index contributed by atoms with van der Waals surface area (Å²) in [5, 5.41) is 0. The van der Waals surface area contributed by atoms with Gasteiger partial charge in [0.05, 0.1) is 0 Å². The summed E-state index contributed by atoms with van der Waals surface area (Å²) in [6, 6.07) is 9.52. The first kappa shape index (κ1) is 8.86. The minimum absolute atomic E-state index is 0.775. The third-order valence-electron chi connectivity index (χ3n) is 2.10. The Hall–Kier alpha value is -0.720. The Morgan fingerprint density at radius 1 is 1.23 bits per heavy atom. The van der Waals surface area contributed by atoms with Gasteiger partial charge in [0.1, 0.15) is 5.75 Å². The second-order valence-electron chi connectivity index (χ2n) is 3.21. The van der Waals surface area contributed by atoms with E-state index in [9.17, 15) is 4.89 Å². The molecule has 1 aliphatic heterocycles. The predicted octanol–water partition coefficient (Wildman–Crippen LogP) is 2.50. The lowest BCUT2D eigenvalue weighted by atomic mass is 10.3. The summed E-state index contributed by atoms with van der Waals surface area (Å²) >= 11 is 0. The van der Waals surface area contributed by atoms with Crippen molar-refractivity contribution in [3.8, 4) is 5.75 Å². The number of hydrogen-bond donors (Lipinski definition) is 1.